The van der Waals surface area contributed by atoms with Gasteiger partial charge in [-0.05, 0) is 0 Å². The summed E-state index contributed by atoms with van der Waals surface area (Å²) in [6.45, 7) is 2.21. The fraction of sp³-hybridized carbons (Fsp3) is 0.429. The van der Waals surface area contributed by atoms with Gasteiger partial charge >= 0.3 is 0 Å². The van der Waals surface area contributed by atoms with E-state index < -0.39 is 0 Å². The minimum atomic E-state index is 0.687. The van der Waals surface area contributed by atoms with Crippen LogP contribution in [0.3, 0.4) is 0 Å². The molecule has 1 aromatic rings. The summed E-state index contributed by atoms with van der Waals surface area (Å²) < 4.78 is 0. The van der Waals surface area contributed by atoms with Crippen molar-refractivity contribution in [3.63, 3.8) is 0 Å². The Morgan fingerprint density at radius 1 is 1.70 bits per heavy atom. The molecule has 1 aliphatic rings. The van der Waals surface area contributed by atoms with Crippen molar-refractivity contribution in [3.05, 3.63) is 18.2 Å². The number of hydrogen-bond acceptors (Lipinski definition) is 3. The van der Waals surface area contributed by atoms with Crippen LogP contribution >= 0.6 is 11.8 Å². The van der Waals surface area contributed by atoms with Gasteiger partial charge in [0.25, 0.3) is 0 Å². The average Bonchev–Trinajstić information content (AvgIpc) is 2.27. The molecule has 1 atom stereocenters. The van der Waals surface area contributed by atoms with Gasteiger partial charge in [0.15, 0.2) is 0 Å². The van der Waals surface area contributed by atoms with Crippen LogP contribution in [0.25, 0.3) is 0 Å². The summed E-state index contributed by atoms with van der Waals surface area (Å²) in [7, 11) is 0. The van der Waals surface area contributed by atoms with Crippen LogP contribution in [0.1, 0.15) is 12.6 Å². The van der Waals surface area contributed by atoms with Crippen LogP contribution in [0.2, 0.25) is 0 Å². The third kappa shape index (κ3) is 0.904. The molecule has 52 valence electrons. The van der Waals surface area contributed by atoms with Crippen LogP contribution in [0.15, 0.2) is 17.4 Å². The highest BCUT2D eigenvalue weighted by atomic mass is 32.2. The van der Waals surface area contributed by atoms with Gasteiger partial charge in [-0.25, -0.2) is 9.97 Å². The van der Waals surface area contributed by atoms with Gasteiger partial charge in [0.2, 0.25) is 0 Å². The minimum Gasteiger partial charge on any atom is -0.244 e. The van der Waals surface area contributed by atoms with E-state index in [-0.39, 0.29) is 0 Å². The van der Waals surface area contributed by atoms with E-state index in [1.807, 2.05) is 18.0 Å². The third-order valence-electron chi connectivity index (χ3n) is 1.57. The van der Waals surface area contributed by atoms with Crippen LogP contribution in [-0.4, -0.2) is 15.2 Å². The van der Waals surface area contributed by atoms with Crippen molar-refractivity contribution in [1.29, 1.82) is 0 Å². The maximum absolute atomic E-state index is 4.18. The molecule has 2 nitrogen and oxygen atoms in total. The van der Waals surface area contributed by atoms with Crippen LogP contribution in [0.5, 0.6) is 0 Å². The third-order valence-corrected chi connectivity index (χ3v) is 2.73. The molecule has 0 amide bonds. The predicted octanol–water partition coefficient (Wildman–Crippen LogP) is 1.51. The first-order valence-corrected chi connectivity index (χ1v) is 4.20. The Morgan fingerprint density at radius 3 is 3.40 bits per heavy atom. The number of rotatable bonds is 0. The Hall–Kier alpha value is -0.570. The summed E-state index contributed by atoms with van der Waals surface area (Å²) in [5.41, 5.74) is 1.22. The van der Waals surface area contributed by atoms with Crippen molar-refractivity contribution < 1.29 is 0 Å². The van der Waals surface area contributed by atoms with Crippen LogP contribution < -0.4 is 0 Å². The van der Waals surface area contributed by atoms with Crippen LogP contribution in [-0.2, 0) is 6.42 Å². The summed E-state index contributed by atoms with van der Waals surface area (Å²) >= 11 is 1.87. The van der Waals surface area contributed by atoms with Gasteiger partial charge in [0, 0.05) is 22.8 Å². The molecule has 0 fully saturated rings. The van der Waals surface area contributed by atoms with E-state index in [0.29, 0.717) is 5.25 Å². The summed E-state index contributed by atoms with van der Waals surface area (Å²) in [4.78, 5) is 9.40. The molecule has 0 bridgehead atoms. The SMILES string of the molecule is CC1Cc2ncncc2S1. The van der Waals surface area contributed by atoms with E-state index >= 15 is 0 Å². The van der Waals surface area contributed by atoms with Crippen LogP contribution in [0.4, 0.5) is 0 Å². The molecule has 2 rings (SSSR count). The first-order chi connectivity index (χ1) is 4.86. The fourth-order valence-corrected chi connectivity index (χ4v) is 2.19. The second-order valence-electron chi connectivity index (χ2n) is 2.47. The molecule has 0 spiro atoms. The Balaban J connectivity index is 2.42. The molecule has 10 heavy (non-hydrogen) atoms. The molecule has 0 aromatic carbocycles. The molecule has 3 heteroatoms. The van der Waals surface area contributed by atoms with Gasteiger partial charge in [-0.3, -0.25) is 0 Å². The second kappa shape index (κ2) is 2.23. The lowest BCUT2D eigenvalue weighted by molar-refractivity contribution is 0.894. The molecule has 2 heterocycles. The van der Waals surface area contributed by atoms with E-state index in [2.05, 4.69) is 16.9 Å². The fourth-order valence-electron chi connectivity index (χ4n) is 1.12. The molecule has 1 aliphatic heterocycles. The Kier molecular flexibility index (Phi) is 1.38. The van der Waals surface area contributed by atoms with E-state index in [1.54, 1.807) is 6.33 Å². The van der Waals surface area contributed by atoms with Gasteiger partial charge in [0.05, 0.1) is 5.69 Å². The smallest absolute Gasteiger partial charge is 0.115 e. The Bertz CT molecular complexity index is 224. The lowest BCUT2D eigenvalue weighted by atomic mass is 10.2. The van der Waals surface area contributed by atoms with Crippen molar-refractivity contribution in [2.75, 3.05) is 0 Å². The largest absolute Gasteiger partial charge is 0.244 e. The Morgan fingerprint density at radius 2 is 2.60 bits per heavy atom. The van der Waals surface area contributed by atoms with Crippen molar-refractivity contribution >= 4 is 11.8 Å². The standard InChI is InChI=1S/C7H8N2S/c1-5-2-6-7(10-5)3-8-4-9-6/h3-5H,2H2,1H3. The zero-order valence-electron chi connectivity index (χ0n) is 5.74. The summed E-state index contributed by atoms with van der Waals surface area (Å²) in [5, 5.41) is 0.687. The minimum absolute atomic E-state index is 0.687. The maximum Gasteiger partial charge on any atom is 0.115 e. The molecule has 1 unspecified atom stereocenters. The van der Waals surface area contributed by atoms with E-state index in [9.17, 15) is 0 Å². The molecular formula is C7H8N2S. The maximum atomic E-state index is 4.18. The number of hydrogen-bond donors (Lipinski definition) is 0. The van der Waals surface area contributed by atoms with Gasteiger partial charge in [-0.15, -0.1) is 11.8 Å². The van der Waals surface area contributed by atoms with E-state index in [0.717, 1.165) is 6.42 Å². The predicted molar refractivity (Wildman–Crippen MR) is 41.1 cm³/mol. The number of thioether (sulfide) groups is 1. The second-order valence-corrected chi connectivity index (χ2v) is 3.95. The van der Waals surface area contributed by atoms with Gasteiger partial charge in [-0.2, -0.15) is 0 Å². The topological polar surface area (TPSA) is 25.8 Å². The molecule has 0 aliphatic carbocycles. The highest BCUT2D eigenvalue weighted by molar-refractivity contribution is 8.00. The van der Waals surface area contributed by atoms with Crippen LogP contribution in [0, 0.1) is 0 Å². The zero-order valence-corrected chi connectivity index (χ0v) is 6.56. The van der Waals surface area contributed by atoms with Gasteiger partial charge in [-0.1, -0.05) is 6.92 Å². The van der Waals surface area contributed by atoms with E-state index in [4.69, 9.17) is 0 Å². The van der Waals surface area contributed by atoms with Crippen molar-refractivity contribution in [1.82, 2.24) is 9.97 Å². The molecule has 0 saturated carbocycles. The number of aromatic nitrogens is 2. The van der Waals surface area contributed by atoms with E-state index in [1.165, 1.54) is 10.6 Å². The van der Waals surface area contributed by atoms with Crippen molar-refractivity contribution in [2.24, 2.45) is 0 Å². The summed E-state index contributed by atoms with van der Waals surface area (Å²) in [6.07, 6.45) is 4.62. The van der Waals surface area contributed by atoms with Crippen molar-refractivity contribution in [3.8, 4) is 0 Å². The average molecular weight is 152 g/mol. The monoisotopic (exact) mass is 152 g/mol. The summed E-state index contributed by atoms with van der Waals surface area (Å²) in [5.74, 6) is 0. The normalized spacial score (nSPS) is 22.7. The first kappa shape index (κ1) is 6.16. The lowest BCUT2D eigenvalue weighted by Crippen LogP contribution is -1.93. The number of fused-ring (bicyclic) bond motifs is 1. The van der Waals surface area contributed by atoms with Gasteiger partial charge in [0.1, 0.15) is 6.33 Å². The molecule has 1 aromatic heterocycles. The number of nitrogens with zero attached hydrogens (tertiary/aromatic N) is 2. The van der Waals surface area contributed by atoms with Gasteiger partial charge < -0.3 is 0 Å². The molecule has 0 saturated heterocycles. The quantitative estimate of drug-likeness (QED) is 0.563. The van der Waals surface area contributed by atoms with Crippen molar-refractivity contribution in [2.45, 2.75) is 23.5 Å². The highest BCUT2D eigenvalue weighted by Crippen LogP contribution is 2.34. The molecular weight excluding hydrogens is 144 g/mol. The lowest BCUT2D eigenvalue weighted by Gasteiger charge is -1.92. The first-order valence-electron chi connectivity index (χ1n) is 3.32. The summed E-state index contributed by atoms with van der Waals surface area (Å²) in [6, 6.07) is 0. The molecule has 0 N–H and O–H groups in total. The zero-order chi connectivity index (χ0) is 6.97. The molecule has 0 radical (unpaired) electrons. The highest BCUT2D eigenvalue weighted by Gasteiger charge is 2.18. The Labute approximate surface area is 64.1 Å².